The van der Waals surface area contributed by atoms with Gasteiger partial charge in [-0.1, -0.05) is 36.4 Å². The van der Waals surface area contributed by atoms with Crippen LogP contribution in [0.1, 0.15) is 40.5 Å². The van der Waals surface area contributed by atoms with E-state index in [1.165, 1.54) is 19.2 Å². The molecule has 31 heavy (non-hydrogen) atoms. The lowest BCUT2D eigenvalue weighted by Crippen LogP contribution is -2.30. The van der Waals surface area contributed by atoms with Crippen LogP contribution in [0.3, 0.4) is 0 Å². The van der Waals surface area contributed by atoms with E-state index in [0.29, 0.717) is 5.69 Å². The Balaban J connectivity index is 1.66. The van der Waals surface area contributed by atoms with Crippen molar-refractivity contribution < 1.29 is 17.9 Å². The number of rotatable bonds is 8. The van der Waals surface area contributed by atoms with Crippen LogP contribution in [0.4, 0.5) is 0 Å². The van der Waals surface area contributed by atoms with Crippen LogP contribution in [0, 0.1) is 0 Å². The SMILES string of the molecule is COc1ccc(C(=O)NC(c2ccccc2)c2ccccn2)cc1S(=O)(=O)NC1CC1. The molecule has 1 heterocycles. The zero-order valence-electron chi connectivity index (χ0n) is 17.0. The number of amides is 1. The third-order valence-electron chi connectivity index (χ3n) is 5.01. The molecule has 1 atom stereocenters. The average molecular weight is 438 g/mol. The van der Waals surface area contributed by atoms with Gasteiger partial charge in [-0.05, 0) is 48.7 Å². The van der Waals surface area contributed by atoms with Crippen LogP contribution in [0.15, 0.2) is 77.8 Å². The maximum atomic E-state index is 13.1. The molecule has 3 aromatic rings. The molecule has 1 unspecified atom stereocenters. The summed E-state index contributed by atoms with van der Waals surface area (Å²) in [5, 5.41) is 2.98. The van der Waals surface area contributed by atoms with Gasteiger partial charge in [0.25, 0.3) is 5.91 Å². The van der Waals surface area contributed by atoms with E-state index >= 15 is 0 Å². The summed E-state index contributed by atoms with van der Waals surface area (Å²) in [7, 11) is -2.40. The van der Waals surface area contributed by atoms with Crippen LogP contribution in [-0.4, -0.2) is 32.5 Å². The fraction of sp³-hybridized carbons (Fsp3) is 0.217. The molecule has 8 heteroatoms. The summed E-state index contributed by atoms with van der Waals surface area (Å²) in [4.78, 5) is 17.5. The second-order valence-corrected chi connectivity index (χ2v) is 9.02. The maximum absolute atomic E-state index is 13.1. The standard InChI is InChI=1S/C23H23N3O4S/c1-30-20-13-10-17(15-21(20)31(28,29)26-18-11-12-18)23(27)25-22(16-7-3-2-4-8-16)19-9-5-6-14-24-19/h2-10,13-15,18,22,26H,11-12H2,1H3,(H,25,27). The van der Waals surface area contributed by atoms with Crippen LogP contribution < -0.4 is 14.8 Å². The number of hydrogen-bond donors (Lipinski definition) is 2. The number of hydrogen-bond acceptors (Lipinski definition) is 5. The molecule has 1 amide bonds. The second-order valence-electron chi connectivity index (χ2n) is 7.33. The summed E-state index contributed by atoms with van der Waals surface area (Å²) in [5.41, 5.74) is 1.76. The van der Waals surface area contributed by atoms with Gasteiger partial charge in [0.1, 0.15) is 10.6 Å². The second kappa shape index (κ2) is 8.87. The van der Waals surface area contributed by atoms with Gasteiger partial charge in [-0.2, -0.15) is 0 Å². The highest BCUT2D eigenvalue weighted by atomic mass is 32.2. The van der Waals surface area contributed by atoms with Gasteiger partial charge in [-0.15, -0.1) is 0 Å². The van der Waals surface area contributed by atoms with Crippen molar-refractivity contribution in [3.8, 4) is 5.75 Å². The highest BCUT2D eigenvalue weighted by Crippen LogP contribution is 2.29. The van der Waals surface area contributed by atoms with Crippen molar-refractivity contribution in [2.24, 2.45) is 0 Å². The quantitative estimate of drug-likeness (QED) is 0.565. The average Bonchev–Trinajstić information content (AvgIpc) is 3.61. The fourth-order valence-corrected chi connectivity index (χ4v) is 4.75. The number of sulfonamides is 1. The summed E-state index contributed by atoms with van der Waals surface area (Å²) in [5.74, 6) is -0.223. The molecule has 0 saturated heterocycles. The number of nitrogens with zero attached hydrogens (tertiary/aromatic N) is 1. The largest absolute Gasteiger partial charge is 0.495 e. The molecule has 2 N–H and O–H groups in total. The van der Waals surface area contributed by atoms with Crippen molar-refractivity contribution >= 4 is 15.9 Å². The predicted molar refractivity (Wildman–Crippen MR) is 116 cm³/mol. The third-order valence-corrected chi connectivity index (χ3v) is 6.55. The first-order chi connectivity index (χ1) is 15.0. The fourth-order valence-electron chi connectivity index (χ4n) is 3.25. The molecule has 2 aromatic carbocycles. The summed E-state index contributed by atoms with van der Waals surface area (Å²) in [6.07, 6.45) is 3.29. The number of nitrogens with one attached hydrogen (secondary N) is 2. The topological polar surface area (TPSA) is 97.4 Å². The molecule has 1 aliphatic carbocycles. The van der Waals surface area contributed by atoms with E-state index in [2.05, 4.69) is 15.0 Å². The monoisotopic (exact) mass is 437 g/mol. The highest BCUT2D eigenvalue weighted by Gasteiger charge is 2.30. The van der Waals surface area contributed by atoms with Crippen LogP contribution in [-0.2, 0) is 10.0 Å². The summed E-state index contributed by atoms with van der Waals surface area (Å²) in [6.45, 7) is 0. The normalized spacial score (nSPS) is 14.6. The van der Waals surface area contributed by atoms with Crippen molar-refractivity contribution in [3.05, 3.63) is 89.7 Å². The van der Waals surface area contributed by atoms with Gasteiger partial charge < -0.3 is 10.1 Å². The molecule has 0 aliphatic heterocycles. The van der Waals surface area contributed by atoms with Crippen LogP contribution in [0.25, 0.3) is 0 Å². The Hall–Kier alpha value is -3.23. The van der Waals surface area contributed by atoms with Gasteiger partial charge in [-0.25, -0.2) is 13.1 Å². The number of methoxy groups -OCH3 is 1. The van der Waals surface area contributed by atoms with E-state index in [1.54, 1.807) is 18.3 Å². The predicted octanol–water partition coefficient (Wildman–Crippen LogP) is 3.05. The Bertz CT molecular complexity index is 1120. The van der Waals surface area contributed by atoms with Gasteiger partial charge in [0.05, 0.1) is 18.8 Å². The minimum absolute atomic E-state index is 0.0522. The molecule has 0 radical (unpaired) electrons. The zero-order chi connectivity index (χ0) is 21.8. The lowest BCUT2D eigenvalue weighted by Gasteiger charge is -2.19. The van der Waals surface area contributed by atoms with E-state index in [-0.39, 0.29) is 22.3 Å². The highest BCUT2D eigenvalue weighted by molar-refractivity contribution is 7.89. The van der Waals surface area contributed by atoms with Crippen molar-refractivity contribution in [1.29, 1.82) is 0 Å². The molecule has 0 bridgehead atoms. The summed E-state index contributed by atoms with van der Waals surface area (Å²) >= 11 is 0. The molecule has 1 aliphatic rings. The van der Waals surface area contributed by atoms with Crippen molar-refractivity contribution in [3.63, 3.8) is 0 Å². The molecular weight excluding hydrogens is 414 g/mol. The first kappa shape index (κ1) is 21.0. The summed E-state index contributed by atoms with van der Waals surface area (Å²) in [6, 6.07) is 18.8. The Morgan fingerprint density at radius 2 is 1.81 bits per heavy atom. The van der Waals surface area contributed by atoms with E-state index in [4.69, 9.17) is 4.74 Å². The molecule has 1 aromatic heterocycles. The molecular formula is C23H23N3O4S. The molecule has 1 saturated carbocycles. The lowest BCUT2D eigenvalue weighted by molar-refractivity contribution is 0.0942. The zero-order valence-corrected chi connectivity index (χ0v) is 17.8. The van der Waals surface area contributed by atoms with E-state index in [9.17, 15) is 13.2 Å². The van der Waals surface area contributed by atoms with Gasteiger partial charge >= 0.3 is 0 Å². The van der Waals surface area contributed by atoms with E-state index in [1.807, 2.05) is 42.5 Å². The van der Waals surface area contributed by atoms with E-state index in [0.717, 1.165) is 18.4 Å². The van der Waals surface area contributed by atoms with Crippen LogP contribution >= 0.6 is 0 Å². The third kappa shape index (κ3) is 4.92. The van der Waals surface area contributed by atoms with Gasteiger partial charge in [0.2, 0.25) is 10.0 Å². The number of carbonyl (C=O) groups excluding carboxylic acids is 1. The summed E-state index contributed by atoms with van der Waals surface area (Å²) < 4.78 is 33.4. The Morgan fingerprint density at radius 1 is 1.06 bits per heavy atom. The van der Waals surface area contributed by atoms with Gasteiger partial charge in [0, 0.05) is 17.8 Å². The van der Waals surface area contributed by atoms with Crippen LogP contribution in [0.2, 0.25) is 0 Å². The first-order valence-electron chi connectivity index (χ1n) is 9.95. The van der Waals surface area contributed by atoms with E-state index < -0.39 is 22.0 Å². The lowest BCUT2D eigenvalue weighted by atomic mass is 10.0. The first-order valence-corrected chi connectivity index (χ1v) is 11.4. The smallest absolute Gasteiger partial charge is 0.252 e. The Morgan fingerprint density at radius 3 is 2.45 bits per heavy atom. The molecule has 4 rings (SSSR count). The molecule has 0 spiro atoms. The number of aromatic nitrogens is 1. The molecule has 160 valence electrons. The molecule has 1 fully saturated rings. The number of benzene rings is 2. The van der Waals surface area contributed by atoms with Crippen LogP contribution in [0.5, 0.6) is 5.75 Å². The minimum Gasteiger partial charge on any atom is -0.495 e. The Labute approximate surface area is 181 Å². The number of carbonyl (C=O) groups is 1. The van der Waals surface area contributed by atoms with Crippen molar-refractivity contribution in [2.75, 3.05) is 7.11 Å². The van der Waals surface area contributed by atoms with Gasteiger partial charge in [0.15, 0.2) is 0 Å². The molecule has 7 nitrogen and oxygen atoms in total. The van der Waals surface area contributed by atoms with Gasteiger partial charge in [-0.3, -0.25) is 9.78 Å². The maximum Gasteiger partial charge on any atom is 0.252 e. The number of ether oxygens (including phenoxy) is 1. The Kier molecular flexibility index (Phi) is 6.01. The van der Waals surface area contributed by atoms with Crippen molar-refractivity contribution in [1.82, 2.24) is 15.0 Å². The number of pyridine rings is 1. The van der Waals surface area contributed by atoms with Crippen molar-refractivity contribution in [2.45, 2.75) is 29.8 Å². The minimum atomic E-state index is -3.80.